The average Bonchev–Trinajstić information content (AvgIpc) is 3.09. The lowest BCUT2D eigenvalue weighted by Crippen LogP contribution is -2.46. The Morgan fingerprint density at radius 3 is 2.71 bits per heavy atom. The van der Waals surface area contributed by atoms with Crippen molar-refractivity contribution in [2.45, 2.75) is 38.0 Å². The van der Waals surface area contributed by atoms with Crippen LogP contribution in [0.1, 0.15) is 37.3 Å². The molecule has 0 spiro atoms. The molecule has 0 aromatic heterocycles. The zero-order valence-corrected chi connectivity index (χ0v) is 18.0. The number of amidine groups is 2. The first-order valence-corrected chi connectivity index (χ1v) is 11.3. The van der Waals surface area contributed by atoms with Crippen LogP contribution in [-0.4, -0.2) is 40.3 Å². The minimum absolute atomic E-state index is 0.0217. The third kappa shape index (κ3) is 4.69. The molecule has 1 unspecified atom stereocenters. The topological polar surface area (TPSA) is 74.1 Å². The second kappa shape index (κ2) is 9.43. The van der Waals surface area contributed by atoms with E-state index in [0.29, 0.717) is 23.3 Å². The van der Waals surface area contributed by atoms with Gasteiger partial charge in [0.2, 0.25) is 5.91 Å². The number of aliphatic imine (C=N–C) groups is 2. The lowest BCUT2D eigenvalue weighted by molar-refractivity contribution is -0.126. The Labute approximate surface area is 184 Å². The Morgan fingerprint density at radius 1 is 1.16 bits per heavy atom. The van der Waals surface area contributed by atoms with Crippen molar-refractivity contribution in [3.05, 3.63) is 65.5 Å². The molecule has 2 aromatic rings. The molecule has 0 saturated heterocycles. The first kappa shape index (κ1) is 21.2. The van der Waals surface area contributed by atoms with Gasteiger partial charge >= 0.3 is 0 Å². The minimum atomic E-state index is -0.718. The molecule has 1 N–H and O–H groups in total. The molecule has 4 rings (SSSR count). The highest BCUT2D eigenvalue weighted by Gasteiger charge is 2.42. The fraction of sp³-hybridized carbons (Fsp3) is 0.304. The van der Waals surface area contributed by atoms with Crippen LogP contribution in [-0.2, 0) is 15.3 Å². The van der Waals surface area contributed by atoms with Crippen molar-refractivity contribution in [3.8, 4) is 0 Å². The summed E-state index contributed by atoms with van der Waals surface area (Å²) >= 11 is 1.44. The smallest absolute Gasteiger partial charge is 0.271 e. The van der Waals surface area contributed by atoms with Gasteiger partial charge in [-0.15, -0.1) is 0 Å². The maximum atomic E-state index is 13.2. The molecule has 0 aliphatic carbocycles. The maximum Gasteiger partial charge on any atom is 0.271 e. The Bertz CT molecular complexity index is 1050. The van der Waals surface area contributed by atoms with Crippen molar-refractivity contribution in [1.82, 2.24) is 10.2 Å². The number of nitrogens with zero attached hydrogens (tertiary/aromatic N) is 3. The minimum Gasteiger partial charge on any atom is -0.356 e. The van der Waals surface area contributed by atoms with Crippen LogP contribution in [0.5, 0.6) is 0 Å². The van der Waals surface area contributed by atoms with E-state index in [1.165, 1.54) is 23.9 Å². The van der Waals surface area contributed by atoms with E-state index in [1.54, 1.807) is 17.0 Å². The van der Waals surface area contributed by atoms with E-state index in [1.807, 2.05) is 24.3 Å². The van der Waals surface area contributed by atoms with Crippen LogP contribution in [0.2, 0.25) is 0 Å². The van der Waals surface area contributed by atoms with E-state index < -0.39 is 6.04 Å². The summed E-state index contributed by atoms with van der Waals surface area (Å²) < 4.78 is 13.2. The Morgan fingerprint density at radius 2 is 1.94 bits per heavy atom. The Hall–Kier alpha value is -3.00. The molecule has 2 heterocycles. The normalized spacial score (nSPS) is 17.0. The van der Waals surface area contributed by atoms with Gasteiger partial charge in [0.15, 0.2) is 5.17 Å². The van der Waals surface area contributed by atoms with Crippen molar-refractivity contribution >= 4 is 40.3 Å². The monoisotopic (exact) mass is 438 g/mol. The van der Waals surface area contributed by atoms with Crippen molar-refractivity contribution in [2.75, 3.05) is 6.54 Å². The molecule has 2 aromatic carbocycles. The van der Waals surface area contributed by atoms with Gasteiger partial charge in [-0.2, -0.15) is 4.99 Å². The molecule has 2 aliphatic heterocycles. The average molecular weight is 439 g/mol. The molecule has 160 valence electrons. The second-order valence-electron chi connectivity index (χ2n) is 7.39. The van der Waals surface area contributed by atoms with Gasteiger partial charge in [0.1, 0.15) is 17.7 Å². The number of fused-ring (bicyclic) bond motifs is 3. The number of carbonyl (C=O) groups excluding carboxylic acids is 2. The number of thioether (sulfide) groups is 1. The molecule has 2 amide bonds. The van der Waals surface area contributed by atoms with Crippen LogP contribution in [0.25, 0.3) is 0 Å². The number of halogens is 1. The summed E-state index contributed by atoms with van der Waals surface area (Å²) in [5.41, 5.74) is 2.45. The summed E-state index contributed by atoms with van der Waals surface area (Å²) in [5, 5.41) is 3.48. The zero-order valence-electron chi connectivity index (χ0n) is 17.2. The fourth-order valence-electron chi connectivity index (χ4n) is 3.48. The highest BCUT2D eigenvalue weighted by atomic mass is 32.2. The first-order chi connectivity index (χ1) is 15.1. The van der Waals surface area contributed by atoms with E-state index in [-0.39, 0.29) is 24.1 Å². The summed E-state index contributed by atoms with van der Waals surface area (Å²) in [6.45, 7) is 2.64. The van der Waals surface area contributed by atoms with Gasteiger partial charge in [-0.3, -0.25) is 14.5 Å². The van der Waals surface area contributed by atoms with E-state index in [4.69, 9.17) is 4.99 Å². The van der Waals surface area contributed by atoms with Gasteiger partial charge < -0.3 is 5.32 Å². The van der Waals surface area contributed by atoms with Crippen LogP contribution in [0, 0.1) is 5.82 Å². The van der Waals surface area contributed by atoms with Crippen LogP contribution in [0.4, 0.5) is 10.1 Å². The molecule has 2 aliphatic rings. The third-order valence-corrected chi connectivity index (χ3v) is 6.14. The lowest BCUT2D eigenvalue weighted by atomic mass is 10.1. The number of rotatable bonds is 7. The van der Waals surface area contributed by atoms with Gasteiger partial charge in [0.25, 0.3) is 5.91 Å². The van der Waals surface area contributed by atoms with Crippen molar-refractivity contribution in [1.29, 1.82) is 0 Å². The Kier molecular flexibility index (Phi) is 6.46. The summed E-state index contributed by atoms with van der Waals surface area (Å²) in [6, 6.07) is 13.1. The quantitative estimate of drug-likeness (QED) is 0.663. The van der Waals surface area contributed by atoms with Crippen molar-refractivity contribution < 1.29 is 14.0 Å². The van der Waals surface area contributed by atoms with Crippen molar-refractivity contribution in [3.63, 3.8) is 0 Å². The summed E-state index contributed by atoms with van der Waals surface area (Å²) in [4.78, 5) is 36.0. The van der Waals surface area contributed by atoms with Gasteiger partial charge in [0, 0.05) is 17.9 Å². The Balaban J connectivity index is 1.58. The molecule has 0 radical (unpaired) electrons. The molecule has 0 saturated carbocycles. The number of benzene rings is 2. The summed E-state index contributed by atoms with van der Waals surface area (Å²) in [7, 11) is 0. The number of para-hydroxylation sites is 1. The first-order valence-electron chi connectivity index (χ1n) is 10.3. The summed E-state index contributed by atoms with van der Waals surface area (Å²) in [5.74, 6) is 0.279. The van der Waals surface area contributed by atoms with Crippen LogP contribution < -0.4 is 5.32 Å². The SMILES string of the molecule is CCCCNC(=O)CC1C(=O)N=C2c3ccccc3N=C(SCc3ccc(F)cc3)N21. The molecular formula is C23H23FN4O2S. The van der Waals surface area contributed by atoms with E-state index >= 15 is 0 Å². The fourth-order valence-corrected chi connectivity index (χ4v) is 4.49. The second-order valence-corrected chi connectivity index (χ2v) is 8.34. The van der Waals surface area contributed by atoms with Crippen LogP contribution in [0.3, 0.4) is 0 Å². The van der Waals surface area contributed by atoms with Gasteiger partial charge in [-0.1, -0.05) is 49.4 Å². The van der Waals surface area contributed by atoms with E-state index in [0.717, 1.165) is 29.7 Å². The molecule has 8 heteroatoms. The number of carbonyl (C=O) groups is 2. The lowest BCUT2D eigenvalue weighted by Gasteiger charge is -2.30. The number of unbranched alkanes of at least 4 members (excludes halogenated alkanes) is 1. The third-order valence-electron chi connectivity index (χ3n) is 5.12. The van der Waals surface area contributed by atoms with E-state index in [2.05, 4.69) is 17.2 Å². The zero-order chi connectivity index (χ0) is 21.8. The van der Waals surface area contributed by atoms with Gasteiger partial charge in [-0.05, 0) is 36.2 Å². The summed E-state index contributed by atoms with van der Waals surface area (Å²) in [6.07, 6.45) is 1.90. The standard InChI is InChI=1S/C23H23FN4O2S/c1-2-3-12-25-20(29)13-19-22(30)27-21-17-6-4-5-7-18(17)26-23(28(19)21)31-14-15-8-10-16(24)11-9-15/h4-11,19H,2-3,12-14H2,1H3,(H,25,29). The number of amides is 2. The molecular weight excluding hydrogens is 415 g/mol. The van der Waals surface area contributed by atoms with Crippen LogP contribution in [0.15, 0.2) is 58.5 Å². The predicted molar refractivity (Wildman–Crippen MR) is 121 cm³/mol. The number of hydrogen-bond acceptors (Lipinski definition) is 5. The molecule has 0 bridgehead atoms. The largest absolute Gasteiger partial charge is 0.356 e. The van der Waals surface area contributed by atoms with Crippen molar-refractivity contribution in [2.24, 2.45) is 9.98 Å². The highest BCUT2D eigenvalue weighted by Crippen LogP contribution is 2.35. The predicted octanol–water partition coefficient (Wildman–Crippen LogP) is 4.02. The van der Waals surface area contributed by atoms with Gasteiger partial charge in [0.05, 0.1) is 12.1 Å². The molecule has 0 fully saturated rings. The molecule has 31 heavy (non-hydrogen) atoms. The van der Waals surface area contributed by atoms with Crippen LogP contribution >= 0.6 is 11.8 Å². The van der Waals surface area contributed by atoms with Gasteiger partial charge in [-0.25, -0.2) is 9.38 Å². The maximum absolute atomic E-state index is 13.2. The molecule has 6 nitrogen and oxygen atoms in total. The highest BCUT2D eigenvalue weighted by molar-refractivity contribution is 8.13. The van der Waals surface area contributed by atoms with E-state index in [9.17, 15) is 14.0 Å². The number of hydrogen-bond donors (Lipinski definition) is 1. The molecule has 1 atom stereocenters. The number of nitrogens with one attached hydrogen (secondary N) is 1.